The second kappa shape index (κ2) is 8.84. The highest BCUT2D eigenvalue weighted by Gasteiger charge is 2.30. The highest BCUT2D eigenvalue weighted by atomic mass is 16.7. The number of fused-ring (bicyclic) bond motifs is 1. The standard InChI is InChI=1S/C21H26N2O6/c24-12-19-16(22-21(26)14-4-7-17-18(10-14)28-13-27-17)6-5-15(29-19)11-20(25)23-8-2-1-3-9-23/h4-7,10,15-16,19,24H,1-3,8-9,11-13H2,(H,22,26)/t15-,16-,19-/m0/s1. The Kier molecular flexibility index (Phi) is 6.01. The van der Waals surface area contributed by atoms with Gasteiger partial charge in [-0.05, 0) is 37.5 Å². The number of amides is 2. The van der Waals surface area contributed by atoms with Crippen LogP contribution in [0.25, 0.3) is 0 Å². The van der Waals surface area contributed by atoms with E-state index in [0.717, 1.165) is 25.9 Å². The Balaban J connectivity index is 1.36. The molecule has 3 heterocycles. The molecule has 1 aromatic carbocycles. The molecule has 1 saturated heterocycles. The second-order valence-electron chi connectivity index (χ2n) is 7.49. The van der Waals surface area contributed by atoms with Crippen LogP contribution in [0.1, 0.15) is 36.0 Å². The minimum absolute atomic E-state index is 0.0684. The highest BCUT2D eigenvalue weighted by molar-refractivity contribution is 5.95. The summed E-state index contributed by atoms with van der Waals surface area (Å²) in [6.07, 6.45) is 6.07. The third-order valence-electron chi connectivity index (χ3n) is 5.48. The number of carbonyl (C=O) groups is 2. The Labute approximate surface area is 169 Å². The first-order valence-electron chi connectivity index (χ1n) is 10.1. The summed E-state index contributed by atoms with van der Waals surface area (Å²) in [7, 11) is 0. The molecule has 0 bridgehead atoms. The molecule has 0 aliphatic carbocycles. The van der Waals surface area contributed by atoms with E-state index in [1.165, 1.54) is 6.42 Å². The summed E-state index contributed by atoms with van der Waals surface area (Å²) in [5.41, 5.74) is 0.432. The van der Waals surface area contributed by atoms with E-state index in [0.29, 0.717) is 17.1 Å². The maximum absolute atomic E-state index is 12.6. The van der Waals surface area contributed by atoms with Gasteiger partial charge in [-0.1, -0.05) is 12.2 Å². The van der Waals surface area contributed by atoms with E-state index in [4.69, 9.17) is 14.2 Å². The average Bonchev–Trinajstić information content (AvgIpc) is 3.23. The molecule has 0 unspecified atom stereocenters. The molecule has 2 amide bonds. The van der Waals surface area contributed by atoms with Gasteiger partial charge in [0, 0.05) is 18.7 Å². The van der Waals surface area contributed by atoms with Gasteiger partial charge < -0.3 is 29.5 Å². The van der Waals surface area contributed by atoms with Crippen molar-refractivity contribution in [3.63, 3.8) is 0 Å². The molecule has 0 radical (unpaired) electrons. The maximum atomic E-state index is 12.6. The lowest BCUT2D eigenvalue weighted by Gasteiger charge is -2.33. The van der Waals surface area contributed by atoms with E-state index in [1.807, 2.05) is 4.90 Å². The van der Waals surface area contributed by atoms with Crippen LogP contribution in [0, 0.1) is 0 Å². The quantitative estimate of drug-likeness (QED) is 0.719. The number of aliphatic hydroxyl groups excluding tert-OH is 1. The lowest BCUT2D eigenvalue weighted by atomic mass is 10.0. The van der Waals surface area contributed by atoms with Crippen LogP contribution < -0.4 is 14.8 Å². The number of hydrogen-bond donors (Lipinski definition) is 2. The molecule has 156 valence electrons. The van der Waals surface area contributed by atoms with Crippen molar-refractivity contribution >= 4 is 11.8 Å². The van der Waals surface area contributed by atoms with Crippen molar-refractivity contribution in [3.8, 4) is 11.5 Å². The predicted molar refractivity (Wildman–Crippen MR) is 104 cm³/mol. The third-order valence-corrected chi connectivity index (χ3v) is 5.48. The van der Waals surface area contributed by atoms with Crippen LogP contribution in [0.3, 0.4) is 0 Å². The molecule has 1 fully saturated rings. The molecule has 2 N–H and O–H groups in total. The third kappa shape index (κ3) is 4.54. The van der Waals surface area contributed by atoms with Crippen molar-refractivity contribution in [1.29, 1.82) is 0 Å². The van der Waals surface area contributed by atoms with Gasteiger partial charge in [-0.2, -0.15) is 0 Å². The number of nitrogens with one attached hydrogen (secondary N) is 1. The Morgan fingerprint density at radius 2 is 1.90 bits per heavy atom. The number of carbonyl (C=O) groups excluding carboxylic acids is 2. The van der Waals surface area contributed by atoms with Gasteiger partial charge >= 0.3 is 0 Å². The van der Waals surface area contributed by atoms with Gasteiger partial charge in [0.1, 0.15) is 6.10 Å². The molecule has 1 aromatic rings. The van der Waals surface area contributed by atoms with Gasteiger partial charge in [-0.15, -0.1) is 0 Å². The van der Waals surface area contributed by atoms with Gasteiger partial charge in [0.05, 0.1) is 25.2 Å². The number of nitrogens with zero attached hydrogens (tertiary/aromatic N) is 1. The molecule has 8 heteroatoms. The number of rotatable bonds is 5. The fraction of sp³-hybridized carbons (Fsp3) is 0.524. The first-order valence-corrected chi connectivity index (χ1v) is 10.1. The fourth-order valence-corrected chi connectivity index (χ4v) is 3.85. The summed E-state index contributed by atoms with van der Waals surface area (Å²) in [5, 5.41) is 12.6. The Morgan fingerprint density at radius 3 is 2.69 bits per heavy atom. The lowest BCUT2D eigenvalue weighted by molar-refractivity contribution is -0.136. The van der Waals surface area contributed by atoms with E-state index in [2.05, 4.69) is 5.32 Å². The number of hydrogen-bond acceptors (Lipinski definition) is 6. The first-order chi connectivity index (χ1) is 14.1. The molecule has 0 saturated carbocycles. The van der Waals surface area contributed by atoms with Crippen LogP contribution in [0.2, 0.25) is 0 Å². The van der Waals surface area contributed by atoms with Gasteiger partial charge in [0.15, 0.2) is 11.5 Å². The Bertz CT molecular complexity index is 789. The number of benzene rings is 1. The molecular weight excluding hydrogens is 376 g/mol. The average molecular weight is 402 g/mol. The van der Waals surface area contributed by atoms with Gasteiger partial charge in [0.2, 0.25) is 12.7 Å². The van der Waals surface area contributed by atoms with Crippen molar-refractivity contribution < 1.29 is 28.9 Å². The summed E-state index contributed by atoms with van der Waals surface area (Å²) in [4.78, 5) is 26.9. The molecule has 3 atom stereocenters. The monoisotopic (exact) mass is 402 g/mol. The zero-order chi connectivity index (χ0) is 20.2. The van der Waals surface area contributed by atoms with Gasteiger partial charge in [0.25, 0.3) is 5.91 Å². The van der Waals surface area contributed by atoms with Crippen molar-refractivity contribution in [2.45, 2.75) is 43.9 Å². The lowest BCUT2D eigenvalue weighted by Crippen LogP contribution is -2.49. The summed E-state index contributed by atoms with van der Waals surface area (Å²) in [5.74, 6) is 0.904. The molecule has 29 heavy (non-hydrogen) atoms. The molecule has 0 spiro atoms. The van der Waals surface area contributed by atoms with Gasteiger partial charge in [-0.3, -0.25) is 9.59 Å². The van der Waals surface area contributed by atoms with Crippen molar-refractivity contribution in [2.75, 3.05) is 26.5 Å². The van der Waals surface area contributed by atoms with E-state index in [9.17, 15) is 14.7 Å². The van der Waals surface area contributed by atoms with Crippen LogP contribution in [-0.4, -0.2) is 66.6 Å². The van der Waals surface area contributed by atoms with Crippen LogP contribution in [0.4, 0.5) is 0 Å². The maximum Gasteiger partial charge on any atom is 0.251 e. The first kappa shape index (κ1) is 19.7. The minimum atomic E-state index is -0.614. The summed E-state index contributed by atoms with van der Waals surface area (Å²) in [6.45, 7) is 1.48. The topological polar surface area (TPSA) is 97.3 Å². The number of ether oxygens (including phenoxy) is 3. The minimum Gasteiger partial charge on any atom is -0.454 e. The fourth-order valence-electron chi connectivity index (χ4n) is 3.85. The summed E-state index contributed by atoms with van der Waals surface area (Å²) < 4.78 is 16.4. The van der Waals surface area contributed by atoms with Crippen LogP contribution in [0.15, 0.2) is 30.4 Å². The summed E-state index contributed by atoms with van der Waals surface area (Å²) >= 11 is 0. The van der Waals surface area contributed by atoms with E-state index in [1.54, 1.807) is 30.4 Å². The molecule has 8 nitrogen and oxygen atoms in total. The van der Waals surface area contributed by atoms with E-state index in [-0.39, 0.29) is 31.6 Å². The molecule has 3 aliphatic rings. The predicted octanol–water partition coefficient (Wildman–Crippen LogP) is 1.23. The number of piperidine rings is 1. The Hall–Kier alpha value is -2.58. The largest absolute Gasteiger partial charge is 0.454 e. The van der Waals surface area contributed by atoms with E-state index < -0.39 is 18.2 Å². The number of likely N-dealkylation sites (tertiary alicyclic amines) is 1. The summed E-state index contributed by atoms with van der Waals surface area (Å²) in [6, 6.07) is 4.49. The zero-order valence-corrected chi connectivity index (χ0v) is 16.2. The van der Waals surface area contributed by atoms with Crippen molar-refractivity contribution in [3.05, 3.63) is 35.9 Å². The van der Waals surface area contributed by atoms with Crippen LogP contribution in [0.5, 0.6) is 11.5 Å². The van der Waals surface area contributed by atoms with Crippen LogP contribution in [-0.2, 0) is 9.53 Å². The smallest absolute Gasteiger partial charge is 0.251 e. The van der Waals surface area contributed by atoms with Crippen molar-refractivity contribution in [1.82, 2.24) is 10.2 Å². The molecular formula is C21H26N2O6. The normalized spacial score (nSPS) is 25.7. The highest BCUT2D eigenvalue weighted by Crippen LogP contribution is 2.32. The Morgan fingerprint density at radius 1 is 1.10 bits per heavy atom. The number of aliphatic hydroxyl groups is 1. The van der Waals surface area contributed by atoms with Gasteiger partial charge in [-0.25, -0.2) is 0 Å². The zero-order valence-electron chi connectivity index (χ0n) is 16.2. The SMILES string of the molecule is O=C(N[C@H]1C=C[C@@H](CC(=O)N2CCCCC2)O[C@H]1CO)c1ccc2c(c1)OCO2. The van der Waals surface area contributed by atoms with Crippen LogP contribution >= 0.6 is 0 Å². The molecule has 4 rings (SSSR count). The molecule has 3 aliphatic heterocycles. The second-order valence-corrected chi connectivity index (χ2v) is 7.49. The van der Waals surface area contributed by atoms with E-state index >= 15 is 0 Å². The van der Waals surface area contributed by atoms with Crippen molar-refractivity contribution in [2.24, 2.45) is 0 Å². The molecule has 0 aromatic heterocycles.